The quantitative estimate of drug-likeness (QED) is 0.772. The summed E-state index contributed by atoms with van der Waals surface area (Å²) in [5, 5.41) is 3.56. The third-order valence-electron chi connectivity index (χ3n) is 5.61. The maximum Gasteiger partial charge on any atom is 0.0810 e. The first kappa shape index (κ1) is 16.3. The van der Waals surface area contributed by atoms with Crippen molar-refractivity contribution in [1.29, 1.82) is 0 Å². The fraction of sp³-hybridized carbons (Fsp3) is 1.00. The molecule has 0 aromatic carbocycles. The summed E-state index contributed by atoms with van der Waals surface area (Å²) in [6, 6.07) is 0. The van der Waals surface area contributed by atoms with E-state index in [2.05, 4.69) is 26.1 Å². The van der Waals surface area contributed by atoms with Gasteiger partial charge in [-0.25, -0.2) is 0 Å². The van der Waals surface area contributed by atoms with Crippen molar-refractivity contribution in [3.63, 3.8) is 0 Å². The normalized spacial score (nSPS) is 38.9. The van der Waals surface area contributed by atoms with Gasteiger partial charge in [0, 0.05) is 6.54 Å². The largest absolute Gasteiger partial charge is 0.370 e. The average molecular weight is 281 g/mol. The monoisotopic (exact) mass is 281 g/mol. The van der Waals surface area contributed by atoms with Crippen LogP contribution in [0.2, 0.25) is 0 Å². The molecule has 2 fully saturated rings. The van der Waals surface area contributed by atoms with Gasteiger partial charge in [0.1, 0.15) is 0 Å². The first-order valence-corrected chi connectivity index (χ1v) is 9.06. The number of nitrogens with one attached hydrogen (secondary N) is 1. The predicted octanol–water partition coefficient (Wildman–Crippen LogP) is 4.53. The maximum atomic E-state index is 6.74. The van der Waals surface area contributed by atoms with E-state index in [1.165, 1.54) is 57.8 Å². The molecule has 0 saturated heterocycles. The molecule has 0 bridgehead atoms. The number of hydrogen-bond acceptors (Lipinski definition) is 2. The number of hydrogen-bond donors (Lipinski definition) is 1. The van der Waals surface area contributed by atoms with E-state index < -0.39 is 0 Å². The van der Waals surface area contributed by atoms with Crippen molar-refractivity contribution in [2.45, 2.75) is 90.3 Å². The Morgan fingerprint density at radius 2 is 1.85 bits per heavy atom. The van der Waals surface area contributed by atoms with Gasteiger partial charge in [-0.3, -0.25) is 0 Å². The third-order valence-corrected chi connectivity index (χ3v) is 5.61. The highest BCUT2D eigenvalue weighted by molar-refractivity contribution is 4.90. The van der Waals surface area contributed by atoms with Crippen LogP contribution in [0.5, 0.6) is 0 Å². The molecule has 2 saturated carbocycles. The topological polar surface area (TPSA) is 21.3 Å². The molecule has 1 N–H and O–H groups in total. The predicted molar refractivity (Wildman–Crippen MR) is 86.0 cm³/mol. The molecule has 0 aromatic rings. The van der Waals surface area contributed by atoms with Gasteiger partial charge in [-0.15, -0.1) is 0 Å². The number of ether oxygens (including phenoxy) is 1. The van der Waals surface area contributed by atoms with Crippen LogP contribution in [0.4, 0.5) is 0 Å². The van der Waals surface area contributed by atoms with Crippen LogP contribution in [-0.4, -0.2) is 24.8 Å². The Kier molecular flexibility index (Phi) is 6.35. The van der Waals surface area contributed by atoms with Crippen molar-refractivity contribution in [2.75, 3.05) is 13.1 Å². The molecule has 118 valence electrons. The minimum atomic E-state index is 0.142. The second kappa shape index (κ2) is 7.79. The number of likely N-dealkylation sites (N-methyl/N-ethyl adjacent to an activating group) is 1. The Bertz CT molecular complexity index is 265. The van der Waals surface area contributed by atoms with E-state index in [4.69, 9.17) is 4.74 Å². The molecule has 20 heavy (non-hydrogen) atoms. The molecular weight excluding hydrogens is 246 g/mol. The van der Waals surface area contributed by atoms with Crippen LogP contribution in [0.1, 0.15) is 78.6 Å². The summed E-state index contributed by atoms with van der Waals surface area (Å²) < 4.78 is 6.74. The van der Waals surface area contributed by atoms with Crippen LogP contribution < -0.4 is 5.32 Å². The molecule has 2 rings (SSSR count). The lowest BCUT2D eigenvalue weighted by atomic mass is 9.78. The minimum absolute atomic E-state index is 0.142. The van der Waals surface area contributed by atoms with Crippen LogP contribution in [0.25, 0.3) is 0 Å². The van der Waals surface area contributed by atoms with Crippen LogP contribution in [0.3, 0.4) is 0 Å². The zero-order valence-electron chi connectivity index (χ0n) is 13.9. The van der Waals surface area contributed by atoms with Gasteiger partial charge >= 0.3 is 0 Å². The van der Waals surface area contributed by atoms with Crippen molar-refractivity contribution in [3.8, 4) is 0 Å². The summed E-state index contributed by atoms with van der Waals surface area (Å²) in [6.45, 7) is 9.05. The Labute approximate surface area is 126 Å². The highest BCUT2D eigenvalue weighted by Gasteiger charge is 2.37. The highest BCUT2D eigenvalue weighted by atomic mass is 16.5. The molecule has 0 aromatic heterocycles. The van der Waals surface area contributed by atoms with Crippen molar-refractivity contribution in [1.82, 2.24) is 5.32 Å². The Morgan fingerprint density at radius 1 is 1.10 bits per heavy atom. The molecule has 2 heteroatoms. The van der Waals surface area contributed by atoms with Crippen LogP contribution in [0.15, 0.2) is 0 Å². The van der Waals surface area contributed by atoms with E-state index in [9.17, 15) is 0 Å². The summed E-state index contributed by atoms with van der Waals surface area (Å²) in [5.41, 5.74) is 0.142. The molecule has 0 heterocycles. The van der Waals surface area contributed by atoms with Gasteiger partial charge in [0.25, 0.3) is 0 Å². The van der Waals surface area contributed by atoms with E-state index in [-0.39, 0.29) is 5.60 Å². The van der Waals surface area contributed by atoms with Crippen molar-refractivity contribution >= 4 is 0 Å². The Morgan fingerprint density at radius 3 is 2.50 bits per heavy atom. The molecule has 0 aliphatic heterocycles. The zero-order chi connectivity index (χ0) is 14.4. The van der Waals surface area contributed by atoms with E-state index in [0.29, 0.717) is 6.10 Å². The summed E-state index contributed by atoms with van der Waals surface area (Å²) >= 11 is 0. The standard InChI is InChI=1S/C18H35NO/c1-4-16-7-6-8-17(13-16)20-18(14-19-5-2)11-9-15(3)10-12-18/h15-17,19H,4-14H2,1-3H3. The lowest BCUT2D eigenvalue weighted by molar-refractivity contribution is -0.131. The van der Waals surface area contributed by atoms with Gasteiger partial charge < -0.3 is 10.1 Å². The average Bonchev–Trinajstić information content (AvgIpc) is 2.48. The van der Waals surface area contributed by atoms with Crippen molar-refractivity contribution in [2.24, 2.45) is 11.8 Å². The van der Waals surface area contributed by atoms with Gasteiger partial charge in [0.15, 0.2) is 0 Å². The Hall–Kier alpha value is -0.0800. The van der Waals surface area contributed by atoms with Gasteiger partial charge in [0.05, 0.1) is 11.7 Å². The van der Waals surface area contributed by atoms with Crippen LogP contribution >= 0.6 is 0 Å². The van der Waals surface area contributed by atoms with Gasteiger partial charge in [0.2, 0.25) is 0 Å². The molecule has 2 aliphatic rings. The molecular formula is C18H35NO. The molecule has 0 radical (unpaired) electrons. The molecule has 2 unspecified atom stereocenters. The minimum Gasteiger partial charge on any atom is -0.370 e. The second-order valence-corrected chi connectivity index (χ2v) is 7.33. The molecule has 2 aliphatic carbocycles. The lowest BCUT2D eigenvalue weighted by Gasteiger charge is -2.43. The van der Waals surface area contributed by atoms with E-state index >= 15 is 0 Å². The lowest BCUT2D eigenvalue weighted by Crippen LogP contribution is -2.48. The van der Waals surface area contributed by atoms with Gasteiger partial charge in [-0.2, -0.15) is 0 Å². The van der Waals surface area contributed by atoms with E-state index in [0.717, 1.165) is 24.9 Å². The van der Waals surface area contributed by atoms with Gasteiger partial charge in [-0.05, 0) is 56.9 Å². The van der Waals surface area contributed by atoms with E-state index in [1.54, 1.807) is 0 Å². The Balaban J connectivity index is 1.92. The molecule has 2 nitrogen and oxygen atoms in total. The number of rotatable bonds is 6. The summed E-state index contributed by atoms with van der Waals surface area (Å²) in [5.74, 6) is 1.80. The second-order valence-electron chi connectivity index (χ2n) is 7.33. The maximum absolute atomic E-state index is 6.74. The summed E-state index contributed by atoms with van der Waals surface area (Å²) in [4.78, 5) is 0. The van der Waals surface area contributed by atoms with Gasteiger partial charge in [-0.1, -0.05) is 40.0 Å². The fourth-order valence-electron chi connectivity index (χ4n) is 4.05. The summed E-state index contributed by atoms with van der Waals surface area (Å²) in [6.07, 6.45) is 12.5. The molecule has 0 amide bonds. The highest BCUT2D eigenvalue weighted by Crippen LogP contribution is 2.38. The zero-order valence-corrected chi connectivity index (χ0v) is 13.9. The van der Waals surface area contributed by atoms with Crippen LogP contribution in [-0.2, 0) is 4.74 Å². The fourth-order valence-corrected chi connectivity index (χ4v) is 4.05. The first-order chi connectivity index (χ1) is 9.67. The summed E-state index contributed by atoms with van der Waals surface area (Å²) in [7, 11) is 0. The van der Waals surface area contributed by atoms with Crippen LogP contribution in [0, 0.1) is 11.8 Å². The molecule has 2 atom stereocenters. The van der Waals surface area contributed by atoms with Crippen molar-refractivity contribution in [3.05, 3.63) is 0 Å². The smallest absolute Gasteiger partial charge is 0.0810 e. The molecule has 0 spiro atoms. The third kappa shape index (κ3) is 4.46. The van der Waals surface area contributed by atoms with Crippen molar-refractivity contribution < 1.29 is 4.74 Å². The first-order valence-electron chi connectivity index (χ1n) is 9.06. The van der Waals surface area contributed by atoms with E-state index in [1.807, 2.05) is 0 Å². The SMILES string of the molecule is CCNCC1(OC2CCCC(CC)C2)CCC(C)CC1.